The Balaban J connectivity index is 1.61. The van der Waals surface area contributed by atoms with Crippen LogP contribution in [0.3, 0.4) is 0 Å². The second kappa shape index (κ2) is 7.21. The first-order chi connectivity index (χ1) is 9.25. The lowest BCUT2D eigenvalue weighted by atomic mass is 10.2. The van der Waals surface area contributed by atoms with Crippen molar-refractivity contribution in [3.05, 3.63) is 29.6 Å². The van der Waals surface area contributed by atoms with E-state index in [4.69, 9.17) is 9.84 Å². The Hall–Kier alpha value is -1.46. The topological polar surface area (TPSA) is 71.5 Å². The SMILES string of the molecule is O=C(O)c1ccc(CNCCOC2CCCC2)nc1. The van der Waals surface area contributed by atoms with Gasteiger partial charge in [-0.15, -0.1) is 0 Å². The third-order valence-corrected chi connectivity index (χ3v) is 3.31. The van der Waals surface area contributed by atoms with Crippen molar-refractivity contribution in [1.29, 1.82) is 0 Å². The Bertz CT molecular complexity index is 400. The summed E-state index contributed by atoms with van der Waals surface area (Å²) in [6.45, 7) is 2.14. The molecule has 1 fully saturated rings. The summed E-state index contributed by atoms with van der Waals surface area (Å²) >= 11 is 0. The summed E-state index contributed by atoms with van der Waals surface area (Å²) < 4.78 is 5.73. The normalized spacial score (nSPS) is 15.8. The fraction of sp³-hybridized carbons (Fsp3) is 0.571. The van der Waals surface area contributed by atoms with Crippen molar-refractivity contribution in [3.63, 3.8) is 0 Å². The van der Waals surface area contributed by atoms with Crippen molar-refractivity contribution in [2.24, 2.45) is 0 Å². The molecule has 5 heteroatoms. The highest BCUT2D eigenvalue weighted by molar-refractivity contribution is 5.87. The Morgan fingerprint density at radius 2 is 2.21 bits per heavy atom. The molecule has 0 amide bonds. The molecular weight excluding hydrogens is 244 g/mol. The van der Waals surface area contributed by atoms with Crippen molar-refractivity contribution in [2.75, 3.05) is 13.2 Å². The molecule has 0 aromatic carbocycles. The van der Waals surface area contributed by atoms with Crippen molar-refractivity contribution in [2.45, 2.75) is 38.3 Å². The number of carboxylic acids is 1. The number of ether oxygens (including phenoxy) is 1. The van der Waals surface area contributed by atoms with E-state index in [0.29, 0.717) is 12.6 Å². The van der Waals surface area contributed by atoms with Crippen LogP contribution in [0.2, 0.25) is 0 Å². The van der Waals surface area contributed by atoms with Gasteiger partial charge in [-0.1, -0.05) is 12.8 Å². The Labute approximate surface area is 113 Å². The van der Waals surface area contributed by atoms with Gasteiger partial charge >= 0.3 is 5.97 Å². The van der Waals surface area contributed by atoms with E-state index in [1.807, 2.05) is 0 Å². The number of rotatable bonds is 7. The molecule has 0 bridgehead atoms. The average Bonchev–Trinajstić information content (AvgIpc) is 2.92. The minimum absolute atomic E-state index is 0.216. The third kappa shape index (κ3) is 4.61. The maximum atomic E-state index is 10.7. The molecule has 0 aliphatic heterocycles. The quantitative estimate of drug-likeness (QED) is 0.735. The van der Waals surface area contributed by atoms with Crippen LogP contribution in [0, 0.1) is 0 Å². The maximum absolute atomic E-state index is 10.7. The first kappa shape index (κ1) is 14.0. The van der Waals surface area contributed by atoms with Crippen molar-refractivity contribution >= 4 is 5.97 Å². The van der Waals surface area contributed by atoms with Gasteiger partial charge in [0.15, 0.2) is 0 Å². The van der Waals surface area contributed by atoms with Gasteiger partial charge in [0, 0.05) is 19.3 Å². The van der Waals surface area contributed by atoms with Gasteiger partial charge in [-0.3, -0.25) is 4.98 Å². The number of nitrogens with zero attached hydrogens (tertiary/aromatic N) is 1. The molecule has 1 aromatic heterocycles. The van der Waals surface area contributed by atoms with Gasteiger partial charge in [-0.05, 0) is 25.0 Å². The first-order valence-electron chi connectivity index (χ1n) is 6.76. The second-order valence-corrected chi connectivity index (χ2v) is 4.80. The molecule has 1 saturated carbocycles. The molecule has 19 heavy (non-hydrogen) atoms. The lowest BCUT2D eigenvalue weighted by Crippen LogP contribution is -2.22. The van der Waals surface area contributed by atoms with Crippen LogP contribution in [0.5, 0.6) is 0 Å². The van der Waals surface area contributed by atoms with E-state index in [2.05, 4.69) is 10.3 Å². The smallest absolute Gasteiger partial charge is 0.337 e. The largest absolute Gasteiger partial charge is 0.478 e. The molecule has 1 heterocycles. The molecule has 1 aromatic rings. The maximum Gasteiger partial charge on any atom is 0.337 e. The van der Waals surface area contributed by atoms with Gasteiger partial charge in [-0.25, -0.2) is 4.79 Å². The van der Waals surface area contributed by atoms with Crippen molar-refractivity contribution < 1.29 is 14.6 Å². The summed E-state index contributed by atoms with van der Waals surface area (Å²) in [4.78, 5) is 14.8. The lowest BCUT2D eigenvalue weighted by molar-refractivity contribution is 0.0602. The highest BCUT2D eigenvalue weighted by Crippen LogP contribution is 2.20. The number of carboxylic acid groups (broad SMARTS) is 1. The highest BCUT2D eigenvalue weighted by atomic mass is 16.5. The standard InChI is InChI=1S/C14H20N2O3/c17-14(18)11-5-6-12(16-9-11)10-15-7-8-19-13-3-1-2-4-13/h5-6,9,13,15H,1-4,7-8,10H2,(H,17,18). The van der Waals surface area contributed by atoms with Crippen LogP contribution in [-0.2, 0) is 11.3 Å². The minimum atomic E-state index is -0.947. The molecule has 0 spiro atoms. The monoisotopic (exact) mass is 264 g/mol. The number of hydrogen-bond acceptors (Lipinski definition) is 4. The summed E-state index contributed by atoms with van der Waals surface area (Å²) in [5, 5.41) is 12.0. The molecule has 0 atom stereocenters. The summed E-state index contributed by atoms with van der Waals surface area (Å²) in [5.41, 5.74) is 1.05. The highest BCUT2D eigenvalue weighted by Gasteiger charge is 2.14. The van der Waals surface area contributed by atoms with Crippen LogP contribution in [0.1, 0.15) is 41.7 Å². The summed E-state index contributed by atoms with van der Waals surface area (Å²) in [5.74, 6) is -0.947. The fourth-order valence-electron chi connectivity index (χ4n) is 2.22. The Kier molecular flexibility index (Phi) is 5.30. The Morgan fingerprint density at radius 1 is 1.42 bits per heavy atom. The summed E-state index contributed by atoms with van der Waals surface area (Å²) in [6.07, 6.45) is 6.80. The van der Waals surface area contributed by atoms with Crippen molar-refractivity contribution in [1.82, 2.24) is 10.3 Å². The van der Waals surface area contributed by atoms with E-state index in [-0.39, 0.29) is 5.56 Å². The van der Waals surface area contributed by atoms with Gasteiger partial charge in [0.2, 0.25) is 0 Å². The zero-order chi connectivity index (χ0) is 13.5. The molecule has 2 rings (SSSR count). The van der Waals surface area contributed by atoms with E-state index < -0.39 is 5.97 Å². The third-order valence-electron chi connectivity index (χ3n) is 3.31. The molecule has 0 unspecified atom stereocenters. The minimum Gasteiger partial charge on any atom is -0.478 e. The number of aromatic nitrogens is 1. The molecule has 0 radical (unpaired) electrons. The van der Waals surface area contributed by atoms with E-state index in [0.717, 1.165) is 18.8 Å². The van der Waals surface area contributed by atoms with Gasteiger partial charge in [0.1, 0.15) is 0 Å². The molecular formula is C14H20N2O3. The number of hydrogen-bond donors (Lipinski definition) is 2. The van der Waals surface area contributed by atoms with Gasteiger partial charge in [0.05, 0.1) is 24.0 Å². The van der Waals surface area contributed by atoms with Gasteiger partial charge < -0.3 is 15.2 Å². The Morgan fingerprint density at radius 3 is 2.84 bits per heavy atom. The van der Waals surface area contributed by atoms with Crippen LogP contribution in [0.25, 0.3) is 0 Å². The number of pyridine rings is 1. The zero-order valence-corrected chi connectivity index (χ0v) is 11.0. The number of carbonyl (C=O) groups is 1. The van der Waals surface area contributed by atoms with E-state index in [9.17, 15) is 4.79 Å². The van der Waals surface area contributed by atoms with E-state index in [1.54, 1.807) is 12.1 Å². The molecule has 5 nitrogen and oxygen atoms in total. The molecule has 1 aliphatic rings. The predicted molar refractivity (Wildman–Crippen MR) is 71.1 cm³/mol. The van der Waals surface area contributed by atoms with Crippen LogP contribution >= 0.6 is 0 Å². The zero-order valence-electron chi connectivity index (χ0n) is 11.0. The molecule has 1 aliphatic carbocycles. The van der Waals surface area contributed by atoms with Crippen LogP contribution in [0.4, 0.5) is 0 Å². The predicted octanol–water partition coefficient (Wildman–Crippen LogP) is 1.83. The lowest BCUT2D eigenvalue weighted by Gasteiger charge is -2.11. The molecule has 2 N–H and O–H groups in total. The summed E-state index contributed by atoms with van der Waals surface area (Å²) in [7, 11) is 0. The van der Waals surface area contributed by atoms with Crippen LogP contribution in [0.15, 0.2) is 18.3 Å². The van der Waals surface area contributed by atoms with E-state index >= 15 is 0 Å². The van der Waals surface area contributed by atoms with Crippen molar-refractivity contribution in [3.8, 4) is 0 Å². The number of aromatic carboxylic acids is 1. The van der Waals surface area contributed by atoms with E-state index in [1.165, 1.54) is 31.9 Å². The van der Waals surface area contributed by atoms with Crippen LogP contribution in [-0.4, -0.2) is 35.3 Å². The summed E-state index contributed by atoms with van der Waals surface area (Å²) in [6, 6.07) is 3.30. The molecule has 0 saturated heterocycles. The number of nitrogens with one attached hydrogen (secondary N) is 1. The first-order valence-corrected chi connectivity index (χ1v) is 6.76. The fourth-order valence-corrected chi connectivity index (χ4v) is 2.22. The second-order valence-electron chi connectivity index (χ2n) is 4.80. The van der Waals surface area contributed by atoms with Gasteiger partial charge in [-0.2, -0.15) is 0 Å². The van der Waals surface area contributed by atoms with Crippen LogP contribution < -0.4 is 5.32 Å². The average molecular weight is 264 g/mol. The van der Waals surface area contributed by atoms with Gasteiger partial charge in [0.25, 0.3) is 0 Å². The molecule has 104 valence electrons.